The van der Waals surface area contributed by atoms with Crippen molar-refractivity contribution in [1.82, 2.24) is 0 Å². The van der Waals surface area contributed by atoms with Gasteiger partial charge in [-0.25, -0.2) is 0 Å². The first-order valence-corrected chi connectivity index (χ1v) is 9.99. The lowest BCUT2D eigenvalue weighted by Gasteiger charge is -2.13. The predicted molar refractivity (Wildman–Crippen MR) is 120 cm³/mol. The zero-order valence-corrected chi connectivity index (χ0v) is 18.3. The second-order valence-electron chi connectivity index (χ2n) is 6.48. The molecule has 0 saturated heterocycles. The lowest BCUT2D eigenvalue weighted by molar-refractivity contribution is 0.282. The van der Waals surface area contributed by atoms with Crippen LogP contribution >= 0.6 is 27.5 Å². The first-order valence-electron chi connectivity index (χ1n) is 8.82. The molecule has 3 aromatic rings. The average Bonchev–Trinajstić information content (AvgIpc) is 2.67. The van der Waals surface area contributed by atoms with Gasteiger partial charge in [-0.05, 0) is 88.4 Å². The van der Waals surface area contributed by atoms with Crippen LogP contribution in [0.5, 0.6) is 11.5 Å². The van der Waals surface area contributed by atoms with Crippen LogP contribution < -0.4 is 9.47 Å². The summed E-state index contributed by atoms with van der Waals surface area (Å²) in [4.78, 5) is 4.57. The molecule has 0 fully saturated rings. The number of nitrogens with zero attached hydrogens (tertiary/aromatic N) is 1. The van der Waals surface area contributed by atoms with Crippen LogP contribution in [0.1, 0.15) is 22.3 Å². The van der Waals surface area contributed by atoms with Crippen LogP contribution in [-0.4, -0.2) is 13.3 Å². The summed E-state index contributed by atoms with van der Waals surface area (Å²) in [5, 5.41) is 0.685. The van der Waals surface area contributed by atoms with Gasteiger partial charge in [0.15, 0.2) is 11.5 Å². The van der Waals surface area contributed by atoms with Gasteiger partial charge in [-0.1, -0.05) is 29.8 Å². The van der Waals surface area contributed by atoms with Crippen molar-refractivity contribution in [3.8, 4) is 11.5 Å². The largest absolute Gasteiger partial charge is 0.493 e. The Hall–Kier alpha value is -2.30. The monoisotopic (exact) mass is 457 g/mol. The molecule has 0 aliphatic heterocycles. The molecule has 0 aromatic heterocycles. The van der Waals surface area contributed by atoms with Crippen LogP contribution in [0.2, 0.25) is 5.02 Å². The van der Waals surface area contributed by atoms with Gasteiger partial charge in [0.25, 0.3) is 0 Å². The van der Waals surface area contributed by atoms with Gasteiger partial charge in [-0.3, -0.25) is 4.99 Å². The second kappa shape index (κ2) is 9.26. The Morgan fingerprint density at radius 1 is 1.04 bits per heavy atom. The Labute approximate surface area is 179 Å². The Kier molecular flexibility index (Phi) is 6.76. The van der Waals surface area contributed by atoms with E-state index in [4.69, 9.17) is 21.1 Å². The molecule has 3 nitrogen and oxygen atoms in total. The summed E-state index contributed by atoms with van der Waals surface area (Å²) in [6.07, 6.45) is 1.82. The maximum Gasteiger partial charge on any atom is 0.175 e. The Balaban J connectivity index is 1.80. The molecule has 0 unspecified atom stereocenters. The number of rotatable bonds is 6. The van der Waals surface area contributed by atoms with Crippen LogP contribution in [0.25, 0.3) is 0 Å². The highest BCUT2D eigenvalue weighted by Crippen LogP contribution is 2.37. The van der Waals surface area contributed by atoms with E-state index in [-0.39, 0.29) is 0 Å². The topological polar surface area (TPSA) is 30.8 Å². The third-order valence-corrected chi connectivity index (χ3v) is 5.20. The van der Waals surface area contributed by atoms with E-state index in [0.717, 1.165) is 21.3 Å². The Bertz CT molecular complexity index is 1020. The van der Waals surface area contributed by atoms with Crippen molar-refractivity contribution in [3.63, 3.8) is 0 Å². The third-order valence-electron chi connectivity index (χ3n) is 4.38. The lowest BCUT2D eigenvalue weighted by atomic mass is 10.1. The number of benzene rings is 3. The minimum absolute atomic E-state index is 0.394. The highest BCUT2D eigenvalue weighted by Gasteiger charge is 2.12. The fourth-order valence-corrected chi connectivity index (χ4v) is 3.48. The summed E-state index contributed by atoms with van der Waals surface area (Å²) in [5.41, 5.74) is 5.29. The van der Waals surface area contributed by atoms with Crippen LogP contribution in [0.3, 0.4) is 0 Å². The van der Waals surface area contributed by atoms with Crippen molar-refractivity contribution in [3.05, 3.63) is 86.3 Å². The van der Waals surface area contributed by atoms with Crippen molar-refractivity contribution in [2.24, 2.45) is 4.99 Å². The summed E-state index contributed by atoms with van der Waals surface area (Å²) < 4.78 is 12.3. The van der Waals surface area contributed by atoms with Crippen molar-refractivity contribution < 1.29 is 9.47 Å². The lowest BCUT2D eigenvalue weighted by Crippen LogP contribution is -1.99. The van der Waals surface area contributed by atoms with E-state index >= 15 is 0 Å². The van der Waals surface area contributed by atoms with E-state index in [0.29, 0.717) is 23.1 Å². The van der Waals surface area contributed by atoms with Gasteiger partial charge in [0.05, 0.1) is 17.3 Å². The molecule has 0 amide bonds. The van der Waals surface area contributed by atoms with Gasteiger partial charge in [-0.15, -0.1) is 0 Å². The second-order valence-corrected chi connectivity index (χ2v) is 7.77. The van der Waals surface area contributed by atoms with Crippen LogP contribution in [0, 0.1) is 13.8 Å². The molecule has 0 spiro atoms. The van der Waals surface area contributed by atoms with Crippen molar-refractivity contribution in [1.29, 1.82) is 0 Å². The normalized spacial score (nSPS) is 11.0. The summed E-state index contributed by atoms with van der Waals surface area (Å²) in [5.74, 6) is 1.28. The molecule has 0 atom stereocenters. The molecular formula is C23H21BrClNO2. The SMILES string of the molecule is COc1cc(C=Nc2ccc(C)c(C)c2)cc(Br)c1OCc1cccc(Cl)c1. The zero-order chi connectivity index (χ0) is 20.1. The van der Waals surface area contributed by atoms with Crippen LogP contribution in [0.4, 0.5) is 5.69 Å². The van der Waals surface area contributed by atoms with Gasteiger partial charge in [-0.2, -0.15) is 0 Å². The van der Waals surface area contributed by atoms with Crippen molar-refractivity contribution in [2.75, 3.05) is 7.11 Å². The molecule has 0 saturated carbocycles. The van der Waals surface area contributed by atoms with Gasteiger partial charge >= 0.3 is 0 Å². The number of ether oxygens (including phenoxy) is 2. The quantitative estimate of drug-likeness (QED) is 0.370. The number of aryl methyl sites for hydroxylation is 2. The van der Waals surface area contributed by atoms with Gasteiger partial charge in [0.1, 0.15) is 6.61 Å². The predicted octanol–water partition coefficient (Wildman–Crippen LogP) is 7.06. The fraction of sp³-hybridized carbons (Fsp3) is 0.174. The molecule has 5 heteroatoms. The van der Waals surface area contributed by atoms with E-state index in [1.54, 1.807) is 7.11 Å². The molecule has 0 N–H and O–H groups in total. The highest BCUT2D eigenvalue weighted by atomic mass is 79.9. The van der Waals surface area contributed by atoms with E-state index in [9.17, 15) is 0 Å². The Morgan fingerprint density at radius 2 is 1.86 bits per heavy atom. The number of hydrogen-bond acceptors (Lipinski definition) is 3. The molecule has 0 radical (unpaired) electrons. The molecule has 0 heterocycles. The molecule has 28 heavy (non-hydrogen) atoms. The standard InChI is InChI=1S/C23H21BrClNO2/c1-15-7-8-20(9-16(15)2)26-13-18-11-21(24)23(22(12-18)27-3)28-14-17-5-4-6-19(25)10-17/h4-13H,14H2,1-3H3. The summed E-state index contributed by atoms with van der Waals surface area (Å²) in [6, 6.07) is 17.6. The first-order chi connectivity index (χ1) is 13.5. The minimum Gasteiger partial charge on any atom is -0.493 e. The zero-order valence-electron chi connectivity index (χ0n) is 16.0. The van der Waals surface area contributed by atoms with E-state index in [1.165, 1.54) is 11.1 Å². The summed E-state index contributed by atoms with van der Waals surface area (Å²) >= 11 is 9.62. The molecule has 0 bridgehead atoms. The van der Waals surface area contributed by atoms with Gasteiger partial charge in [0, 0.05) is 11.2 Å². The summed E-state index contributed by atoms with van der Waals surface area (Å²) in [6.45, 7) is 4.57. The maximum absolute atomic E-state index is 6.04. The van der Waals surface area contributed by atoms with Crippen molar-refractivity contribution >= 4 is 39.4 Å². The maximum atomic E-state index is 6.04. The molecular weight excluding hydrogens is 438 g/mol. The number of hydrogen-bond donors (Lipinski definition) is 0. The number of aliphatic imine (C=N–C) groups is 1. The molecule has 0 aliphatic rings. The van der Waals surface area contributed by atoms with E-state index in [2.05, 4.69) is 46.9 Å². The number of halogens is 2. The molecule has 3 aromatic carbocycles. The smallest absolute Gasteiger partial charge is 0.175 e. The van der Waals surface area contributed by atoms with E-state index < -0.39 is 0 Å². The first kappa shape index (κ1) is 20.4. The number of methoxy groups -OCH3 is 1. The molecule has 144 valence electrons. The molecule has 3 rings (SSSR count). The van der Waals surface area contributed by atoms with E-state index in [1.807, 2.05) is 48.7 Å². The summed E-state index contributed by atoms with van der Waals surface area (Å²) in [7, 11) is 1.62. The van der Waals surface area contributed by atoms with Gasteiger partial charge in [0.2, 0.25) is 0 Å². The van der Waals surface area contributed by atoms with Gasteiger partial charge < -0.3 is 9.47 Å². The average molecular weight is 459 g/mol. The fourth-order valence-electron chi connectivity index (χ4n) is 2.69. The van der Waals surface area contributed by atoms with Crippen LogP contribution in [0.15, 0.2) is 64.1 Å². The third kappa shape index (κ3) is 5.15. The molecule has 0 aliphatic carbocycles. The Morgan fingerprint density at radius 3 is 2.57 bits per heavy atom. The highest BCUT2D eigenvalue weighted by molar-refractivity contribution is 9.10. The van der Waals surface area contributed by atoms with Crippen molar-refractivity contribution in [2.45, 2.75) is 20.5 Å². The van der Waals surface area contributed by atoms with Crippen LogP contribution in [-0.2, 0) is 6.61 Å². The minimum atomic E-state index is 0.394.